The number of hydrogen-bond acceptors (Lipinski definition) is 9. The van der Waals surface area contributed by atoms with Gasteiger partial charge in [-0.3, -0.25) is 23.4 Å². The highest BCUT2D eigenvalue weighted by molar-refractivity contribution is 7.46. The molecule has 0 amide bonds. The Hall–Kier alpha value is -3.16. The fourth-order valence-corrected chi connectivity index (χ4v) is 4.19. The summed E-state index contributed by atoms with van der Waals surface area (Å²) in [7, 11) is -3.29. The molecule has 14 heteroatoms. The summed E-state index contributed by atoms with van der Waals surface area (Å²) in [6, 6.07) is 11.9. The molecule has 13 nitrogen and oxygen atoms in total. The van der Waals surface area contributed by atoms with Gasteiger partial charge in [0.05, 0.1) is 26.0 Å². The lowest BCUT2D eigenvalue weighted by Crippen LogP contribution is -2.43. The van der Waals surface area contributed by atoms with Gasteiger partial charge in [0, 0.05) is 18.5 Å². The van der Waals surface area contributed by atoms with Gasteiger partial charge in [-0.25, -0.2) is 9.36 Å². The average molecular weight is 521 g/mol. The molecule has 0 aliphatic carbocycles. The SMILES string of the molecule is COc1cccc(-c2ccnc(Cn3c(=O)ccn([C@@H]4O[C@H](COP(=O)(O)O)[C@H](O)C4O)c3=O)c2)c1. The number of pyridine rings is 1. The fourth-order valence-electron chi connectivity index (χ4n) is 3.85. The van der Waals surface area contributed by atoms with E-state index in [1.165, 1.54) is 0 Å². The van der Waals surface area contributed by atoms with Gasteiger partial charge in [0.1, 0.15) is 24.1 Å². The van der Waals surface area contributed by atoms with Crippen molar-refractivity contribution in [3.8, 4) is 16.9 Å². The third kappa shape index (κ3) is 5.63. The van der Waals surface area contributed by atoms with Crippen LogP contribution in [0.5, 0.6) is 5.75 Å². The van der Waals surface area contributed by atoms with Crippen LogP contribution in [0.25, 0.3) is 11.1 Å². The summed E-state index contributed by atoms with van der Waals surface area (Å²) in [4.78, 5) is 47.6. The number of phosphoric acid groups is 1. The number of rotatable bonds is 8. The van der Waals surface area contributed by atoms with Crippen LogP contribution in [0.4, 0.5) is 0 Å². The molecule has 1 fully saturated rings. The molecule has 1 aromatic carbocycles. The molecule has 4 N–H and O–H groups in total. The monoisotopic (exact) mass is 521 g/mol. The number of aliphatic hydroxyl groups excluding tert-OH is 2. The molecule has 1 aliphatic rings. The van der Waals surface area contributed by atoms with Crippen LogP contribution in [0.1, 0.15) is 11.9 Å². The Labute approximate surface area is 204 Å². The summed E-state index contributed by atoms with van der Waals surface area (Å²) in [6.45, 7) is -0.916. The zero-order valence-electron chi connectivity index (χ0n) is 18.9. The Morgan fingerprint density at radius 1 is 1.08 bits per heavy atom. The number of ether oxygens (including phenoxy) is 2. The lowest BCUT2D eigenvalue weighted by molar-refractivity contribution is -0.0548. The third-order valence-electron chi connectivity index (χ3n) is 5.65. The van der Waals surface area contributed by atoms with E-state index >= 15 is 0 Å². The molecule has 0 bridgehead atoms. The maximum atomic E-state index is 13.1. The third-order valence-corrected chi connectivity index (χ3v) is 6.14. The Kier molecular flexibility index (Phi) is 7.52. The highest BCUT2D eigenvalue weighted by atomic mass is 31.2. The normalized spacial score (nSPS) is 22.0. The highest BCUT2D eigenvalue weighted by Crippen LogP contribution is 2.38. The summed E-state index contributed by atoms with van der Waals surface area (Å²) in [5, 5.41) is 20.6. The summed E-state index contributed by atoms with van der Waals surface area (Å²) < 4.78 is 27.8. The molecule has 4 atom stereocenters. The minimum absolute atomic E-state index is 0.188. The second-order valence-corrected chi connectivity index (χ2v) is 9.27. The molecule has 3 aromatic rings. The van der Waals surface area contributed by atoms with Crippen LogP contribution in [-0.4, -0.2) is 66.1 Å². The first-order valence-electron chi connectivity index (χ1n) is 10.7. The summed E-state index contributed by atoms with van der Waals surface area (Å²) in [5.74, 6) is 0.662. The van der Waals surface area contributed by atoms with Crippen LogP contribution in [0.2, 0.25) is 0 Å². The Morgan fingerprint density at radius 3 is 2.56 bits per heavy atom. The molecule has 4 rings (SSSR count). The van der Waals surface area contributed by atoms with Crippen molar-refractivity contribution in [1.29, 1.82) is 0 Å². The van der Waals surface area contributed by atoms with Crippen molar-refractivity contribution in [3.63, 3.8) is 0 Å². The topological polar surface area (TPSA) is 183 Å². The molecule has 192 valence electrons. The van der Waals surface area contributed by atoms with Crippen molar-refractivity contribution >= 4 is 7.82 Å². The summed E-state index contributed by atoms with van der Waals surface area (Å²) in [5.41, 5.74) is 0.570. The van der Waals surface area contributed by atoms with Gasteiger partial charge in [0.15, 0.2) is 6.23 Å². The molecular weight excluding hydrogens is 497 g/mol. The minimum atomic E-state index is -4.85. The van der Waals surface area contributed by atoms with Crippen LogP contribution in [-0.2, 0) is 20.4 Å². The van der Waals surface area contributed by atoms with E-state index in [4.69, 9.17) is 19.3 Å². The number of aromatic nitrogens is 3. The largest absolute Gasteiger partial charge is 0.497 e. The van der Waals surface area contributed by atoms with Gasteiger partial charge in [-0.15, -0.1) is 0 Å². The molecule has 36 heavy (non-hydrogen) atoms. The predicted octanol–water partition coefficient (Wildman–Crippen LogP) is -0.143. The minimum Gasteiger partial charge on any atom is -0.497 e. The van der Waals surface area contributed by atoms with Crippen LogP contribution < -0.4 is 16.0 Å². The van der Waals surface area contributed by atoms with Gasteiger partial charge in [-0.2, -0.15) is 0 Å². The second-order valence-electron chi connectivity index (χ2n) is 8.03. The van der Waals surface area contributed by atoms with Crippen molar-refractivity contribution in [1.82, 2.24) is 14.1 Å². The van der Waals surface area contributed by atoms with Gasteiger partial charge >= 0.3 is 13.5 Å². The first-order chi connectivity index (χ1) is 17.1. The van der Waals surface area contributed by atoms with Crippen LogP contribution in [0.15, 0.2) is 64.4 Å². The van der Waals surface area contributed by atoms with E-state index in [0.717, 1.165) is 32.5 Å². The number of benzene rings is 1. The first-order valence-corrected chi connectivity index (χ1v) is 12.2. The van der Waals surface area contributed by atoms with Gasteiger partial charge in [-0.05, 0) is 35.4 Å². The number of methoxy groups -OCH3 is 1. The standard InChI is InChI=1S/C22H24N3O10P/c1-33-16-4-2-3-13(10-16)14-5-7-23-15(9-14)11-25-18(26)6-8-24(22(25)29)21-20(28)19(27)17(35-21)12-34-36(30,31)32/h2-10,17,19-21,27-28H,11-12H2,1H3,(H2,30,31,32)/t17-,19+,20?,21-/m1/s1. The van der Waals surface area contributed by atoms with E-state index in [1.54, 1.807) is 31.5 Å². The van der Waals surface area contributed by atoms with E-state index < -0.39 is 50.2 Å². The fraction of sp³-hybridized carbons (Fsp3) is 0.318. The van der Waals surface area contributed by atoms with Gasteiger partial charge in [0.2, 0.25) is 0 Å². The van der Waals surface area contributed by atoms with Crippen LogP contribution in [0.3, 0.4) is 0 Å². The molecule has 0 saturated carbocycles. The summed E-state index contributed by atoms with van der Waals surface area (Å²) in [6.07, 6.45) is -3.34. The van der Waals surface area contributed by atoms with E-state index in [2.05, 4.69) is 9.51 Å². The number of nitrogens with zero attached hydrogens (tertiary/aromatic N) is 3. The molecule has 0 spiro atoms. The van der Waals surface area contributed by atoms with Crippen molar-refractivity contribution in [2.45, 2.75) is 31.1 Å². The lowest BCUT2D eigenvalue weighted by Gasteiger charge is -2.18. The van der Waals surface area contributed by atoms with E-state index in [1.807, 2.05) is 18.2 Å². The number of aliphatic hydroxyl groups is 2. The van der Waals surface area contributed by atoms with E-state index in [0.29, 0.717) is 11.4 Å². The number of hydrogen-bond donors (Lipinski definition) is 4. The first kappa shape index (κ1) is 25.9. The molecule has 2 aromatic heterocycles. The molecule has 3 heterocycles. The Morgan fingerprint density at radius 2 is 1.83 bits per heavy atom. The zero-order chi connectivity index (χ0) is 26.0. The molecule has 1 unspecified atom stereocenters. The average Bonchev–Trinajstić information content (AvgIpc) is 3.13. The molecule has 0 radical (unpaired) electrons. The van der Waals surface area contributed by atoms with Crippen molar-refractivity contribution < 1.29 is 38.6 Å². The maximum Gasteiger partial charge on any atom is 0.469 e. The quantitative estimate of drug-likeness (QED) is 0.289. The molecule has 1 saturated heterocycles. The van der Waals surface area contributed by atoms with E-state index in [9.17, 15) is 24.4 Å². The van der Waals surface area contributed by atoms with Crippen LogP contribution in [0, 0.1) is 0 Å². The number of phosphoric ester groups is 1. The zero-order valence-corrected chi connectivity index (χ0v) is 19.8. The second kappa shape index (κ2) is 10.4. The smallest absolute Gasteiger partial charge is 0.469 e. The predicted molar refractivity (Wildman–Crippen MR) is 124 cm³/mol. The highest BCUT2D eigenvalue weighted by Gasteiger charge is 2.45. The lowest BCUT2D eigenvalue weighted by atomic mass is 10.1. The van der Waals surface area contributed by atoms with Crippen molar-refractivity contribution in [2.24, 2.45) is 0 Å². The summed E-state index contributed by atoms with van der Waals surface area (Å²) >= 11 is 0. The van der Waals surface area contributed by atoms with Gasteiger partial charge in [0.25, 0.3) is 5.56 Å². The maximum absolute atomic E-state index is 13.1. The van der Waals surface area contributed by atoms with Crippen molar-refractivity contribution in [3.05, 3.63) is 81.4 Å². The van der Waals surface area contributed by atoms with E-state index in [-0.39, 0.29) is 6.54 Å². The van der Waals surface area contributed by atoms with Crippen LogP contribution >= 0.6 is 7.82 Å². The van der Waals surface area contributed by atoms with Gasteiger partial charge in [-0.1, -0.05) is 12.1 Å². The molecule has 1 aliphatic heterocycles. The Bertz CT molecular complexity index is 1400. The van der Waals surface area contributed by atoms with Crippen molar-refractivity contribution in [2.75, 3.05) is 13.7 Å². The Balaban J connectivity index is 1.60. The molecular formula is C22H24N3O10P. The van der Waals surface area contributed by atoms with Gasteiger partial charge < -0.3 is 29.5 Å².